The molecule has 2 aromatic rings. The minimum Gasteiger partial charge on any atom is -0.399 e. The molecule has 1 aromatic heterocycles. The van der Waals surface area contributed by atoms with Crippen LogP contribution in [0, 0.1) is 0 Å². The lowest BCUT2D eigenvalue weighted by atomic mass is 10.2. The second-order valence-corrected chi connectivity index (χ2v) is 2.49. The molecule has 0 atom stereocenters. The van der Waals surface area contributed by atoms with Crippen LogP contribution in [0.3, 0.4) is 0 Å². The Bertz CT molecular complexity index is 408. The van der Waals surface area contributed by atoms with Crippen molar-refractivity contribution in [2.24, 2.45) is 7.02 Å². The maximum atomic E-state index is 7.10. The average molecular weight is 148 g/mol. The highest BCUT2D eigenvalue weighted by Crippen LogP contribution is 2.14. The Balaban J connectivity index is 2.67. The molecule has 0 amide bonds. The van der Waals surface area contributed by atoms with E-state index in [1.54, 1.807) is 4.68 Å². The van der Waals surface area contributed by atoms with Gasteiger partial charge < -0.3 is 5.73 Å². The number of hydrogen-bond donors (Lipinski definition) is 1. The van der Waals surface area contributed by atoms with Crippen LogP contribution >= 0.6 is 0 Å². The number of nitrogens with two attached hydrogens (primary N) is 1. The van der Waals surface area contributed by atoms with Crippen molar-refractivity contribution in [3.63, 3.8) is 0 Å². The minimum absolute atomic E-state index is 0.147. The molecule has 3 nitrogen and oxygen atoms in total. The first-order chi connectivity index (χ1) is 5.79. The van der Waals surface area contributed by atoms with Gasteiger partial charge in [0.2, 0.25) is 0 Å². The van der Waals surface area contributed by atoms with Gasteiger partial charge in [-0.1, -0.05) is 0 Å². The van der Waals surface area contributed by atoms with Gasteiger partial charge in [0.1, 0.15) is 0 Å². The van der Waals surface area contributed by atoms with Crippen molar-refractivity contribution in [1.82, 2.24) is 9.78 Å². The standard InChI is InChI=1S/C8H9N3/c1-11-5-6-2-3-7(9)4-8(6)10-11/h2-5H,9H2,1H3/i1D. The van der Waals surface area contributed by atoms with Crippen molar-refractivity contribution in [3.05, 3.63) is 24.4 Å². The van der Waals surface area contributed by atoms with Crippen LogP contribution in [0.1, 0.15) is 1.37 Å². The highest BCUT2D eigenvalue weighted by Gasteiger charge is 1.96. The summed E-state index contributed by atoms with van der Waals surface area (Å²) in [5, 5.41) is 5.17. The summed E-state index contributed by atoms with van der Waals surface area (Å²) in [5.41, 5.74) is 7.13. The van der Waals surface area contributed by atoms with Crippen LogP contribution in [0.5, 0.6) is 0 Å². The lowest BCUT2D eigenvalue weighted by Crippen LogP contribution is -1.85. The number of nitrogen functional groups attached to an aromatic ring is 1. The van der Waals surface area contributed by atoms with Crippen LogP contribution in [-0.2, 0) is 7.02 Å². The molecule has 2 N–H and O–H groups in total. The molecule has 11 heavy (non-hydrogen) atoms. The fraction of sp³-hybridized carbons (Fsp3) is 0.125. The fourth-order valence-electron chi connectivity index (χ4n) is 1.08. The van der Waals surface area contributed by atoms with E-state index in [0.29, 0.717) is 5.69 Å². The molecule has 0 aliphatic heterocycles. The summed E-state index contributed by atoms with van der Waals surface area (Å²) in [7, 11) is 0.147. The van der Waals surface area contributed by atoms with E-state index < -0.39 is 0 Å². The van der Waals surface area contributed by atoms with Crippen LogP contribution in [-0.4, -0.2) is 9.78 Å². The molecule has 0 unspecified atom stereocenters. The van der Waals surface area contributed by atoms with Gasteiger partial charge in [-0.3, -0.25) is 4.68 Å². The molecule has 0 aliphatic carbocycles. The van der Waals surface area contributed by atoms with Crippen LogP contribution < -0.4 is 5.73 Å². The van der Waals surface area contributed by atoms with Gasteiger partial charge in [0, 0.05) is 25.7 Å². The number of hydrogen-bond acceptors (Lipinski definition) is 2. The second kappa shape index (κ2) is 1.99. The molecule has 0 radical (unpaired) electrons. The zero-order chi connectivity index (χ0) is 8.55. The summed E-state index contributed by atoms with van der Waals surface area (Å²) >= 11 is 0. The Hall–Kier alpha value is -1.51. The number of aromatic nitrogens is 2. The monoisotopic (exact) mass is 148 g/mol. The van der Waals surface area contributed by atoms with Gasteiger partial charge in [-0.05, 0) is 18.2 Å². The lowest BCUT2D eigenvalue weighted by Gasteiger charge is -1.88. The number of nitrogens with zero attached hydrogens (tertiary/aromatic N) is 2. The van der Waals surface area contributed by atoms with Crippen LogP contribution in [0.25, 0.3) is 10.9 Å². The van der Waals surface area contributed by atoms with Crippen molar-refractivity contribution >= 4 is 16.6 Å². The first-order valence-electron chi connectivity index (χ1n) is 4.02. The molecule has 2 rings (SSSR count). The highest BCUT2D eigenvalue weighted by molar-refractivity contribution is 5.81. The average Bonchev–Trinajstić information content (AvgIpc) is 2.46. The molecule has 0 fully saturated rings. The quantitative estimate of drug-likeness (QED) is 0.569. The molecule has 0 saturated carbocycles. The predicted octanol–water partition coefficient (Wildman–Crippen LogP) is 1.16. The highest BCUT2D eigenvalue weighted by atomic mass is 15.2. The van der Waals surface area contributed by atoms with E-state index in [0.717, 1.165) is 10.9 Å². The Morgan fingerprint density at radius 3 is 3.36 bits per heavy atom. The summed E-state index contributed by atoms with van der Waals surface area (Å²) in [6, 6.07) is 5.55. The summed E-state index contributed by atoms with van der Waals surface area (Å²) in [6.07, 6.45) is 1.84. The Kier molecular flexibility index (Phi) is 0.935. The molecule has 0 spiro atoms. The minimum atomic E-state index is 0.147. The zero-order valence-electron chi connectivity index (χ0n) is 6.99. The molecule has 0 aliphatic rings. The molecule has 0 saturated heterocycles. The molecule has 0 bridgehead atoms. The lowest BCUT2D eigenvalue weighted by molar-refractivity contribution is 0.780. The summed E-state index contributed by atoms with van der Waals surface area (Å²) < 4.78 is 8.67. The van der Waals surface area contributed by atoms with Crippen molar-refractivity contribution in [2.75, 3.05) is 5.73 Å². The number of anilines is 1. The van der Waals surface area contributed by atoms with Crippen LogP contribution in [0.4, 0.5) is 5.69 Å². The van der Waals surface area contributed by atoms with Crippen molar-refractivity contribution in [2.45, 2.75) is 0 Å². The van der Waals surface area contributed by atoms with Crippen molar-refractivity contribution in [3.8, 4) is 0 Å². The normalized spacial score (nSPS) is 11.8. The van der Waals surface area contributed by atoms with Gasteiger partial charge in [0.05, 0.1) is 5.52 Å². The number of rotatable bonds is 0. The third-order valence-corrected chi connectivity index (χ3v) is 1.58. The molecular weight excluding hydrogens is 138 g/mol. The maximum absolute atomic E-state index is 7.10. The fourth-order valence-corrected chi connectivity index (χ4v) is 1.08. The number of aryl methyl sites for hydroxylation is 1. The molecule has 1 heterocycles. The van der Waals surface area contributed by atoms with Gasteiger partial charge in [-0.15, -0.1) is 0 Å². The number of benzene rings is 1. The van der Waals surface area contributed by atoms with E-state index in [1.165, 1.54) is 0 Å². The summed E-state index contributed by atoms with van der Waals surface area (Å²) in [6.45, 7) is 0. The Labute approximate surface area is 65.8 Å². The molecular formula is C8H9N3. The molecule has 3 heteroatoms. The Morgan fingerprint density at radius 2 is 2.55 bits per heavy atom. The second-order valence-electron chi connectivity index (χ2n) is 2.49. The third kappa shape index (κ3) is 0.941. The smallest absolute Gasteiger partial charge is 0.0943 e. The van der Waals surface area contributed by atoms with Crippen molar-refractivity contribution < 1.29 is 1.37 Å². The van der Waals surface area contributed by atoms with E-state index in [4.69, 9.17) is 7.10 Å². The van der Waals surface area contributed by atoms with Gasteiger partial charge in [0.15, 0.2) is 0 Å². The van der Waals surface area contributed by atoms with E-state index in [2.05, 4.69) is 5.10 Å². The van der Waals surface area contributed by atoms with Gasteiger partial charge in [-0.2, -0.15) is 5.10 Å². The topological polar surface area (TPSA) is 43.8 Å². The van der Waals surface area contributed by atoms with E-state index in [9.17, 15) is 0 Å². The van der Waals surface area contributed by atoms with E-state index in [1.807, 2.05) is 24.4 Å². The maximum Gasteiger partial charge on any atom is 0.0943 e. The van der Waals surface area contributed by atoms with E-state index in [-0.39, 0.29) is 7.02 Å². The molecule has 1 aromatic carbocycles. The largest absolute Gasteiger partial charge is 0.399 e. The first-order valence-corrected chi connectivity index (χ1v) is 3.31. The zero-order valence-corrected chi connectivity index (χ0v) is 5.99. The third-order valence-electron chi connectivity index (χ3n) is 1.58. The van der Waals surface area contributed by atoms with E-state index >= 15 is 0 Å². The van der Waals surface area contributed by atoms with Crippen LogP contribution in [0.15, 0.2) is 24.4 Å². The van der Waals surface area contributed by atoms with Crippen LogP contribution in [0.2, 0.25) is 0 Å². The summed E-state index contributed by atoms with van der Waals surface area (Å²) in [5.74, 6) is 0. The van der Waals surface area contributed by atoms with Gasteiger partial charge in [0.25, 0.3) is 0 Å². The predicted molar refractivity (Wildman–Crippen MR) is 45.1 cm³/mol. The van der Waals surface area contributed by atoms with Crippen molar-refractivity contribution in [1.29, 1.82) is 0 Å². The number of fused-ring (bicyclic) bond motifs is 1. The summed E-state index contributed by atoms with van der Waals surface area (Å²) in [4.78, 5) is 0. The SMILES string of the molecule is [2H]Cn1cc2ccc(N)cc2n1. The van der Waals surface area contributed by atoms with Gasteiger partial charge >= 0.3 is 0 Å². The Morgan fingerprint density at radius 1 is 1.64 bits per heavy atom. The van der Waals surface area contributed by atoms with Gasteiger partial charge in [-0.25, -0.2) is 0 Å². The first kappa shape index (κ1) is 5.18. The molecule has 56 valence electrons.